The quantitative estimate of drug-likeness (QED) is 0.735. The van der Waals surface area contributed by atoms with Crippen LogP contribution in [-0.2, 0) is 4.74 Å². The second-order valence-electron chi connectivity index (χ2n) is 2.95. The fraction of sp³-hybridized carbons (Fsp3) is 0.200. The summed E-state index contributed by atoms with van der Waals surface area (Å²) in [6.45, 7) is 2.10. The monoisotopic (exact) mass is 224 g/mol. The zero-order valence-corrected chi connectivity index (χ0v) is 8.86. The minimum Gasteiger partial charge on any atom is -0.462 e. The third-order valence-corrected chi connectivity index (χ3v) is 2.21. The first-order chi connectivity index (χ1) is 7.22. The summed E-state index contributed by atoms with van der Waals surface area (Å²) in [5.74, 6) is -0.380. The number of nitrogens with zero attached hydrogens (tertiary/aromatic N) is 2. The van der Waals surface area contributed by atoms with Crippen molar-refractivity contribution in [1.82, 2.24) is 9.61 Å². The summed E-state index contributed by atoms with van der Waals surface area (Å²) in [6.07, 6.45) is 3.17. The van der Waals surface area contributed by atoms with Crippen molar-refractivity contribution in [3.05, 3.63) is 35.1 Å². The van der Waals surface area contributed by atoms with E-state index in [1.807, 2.05) is 0 Å². The van der Waals surface area contributed by atoms with Crippen molar-refractivity contribution in [1.29, 1.82) is 0 Å². The molecule has 2 aromatic heterocycles. The first-order valence-electron chi connectivity index (χ1n) is 4.52. The molecule has 0 atom stereocenters. The van der Waals surface area contributed by atoms with Crippen LogP contribution in [-0.4, -0.2) is 22.2 Å². The summed E-state index contributed by atoms with van der Waals surface area (Å²) < 4.78 is 6.48. The third kappa shape index (κ3) is 1.80. The van der Waals surface area contributed by atoms with E-state index in [1.54, 1.807) is 29.8 Å². The first kappa shape index (κ1) is 9.98. The molecule has 0 amide bonds. The van der Waals surface area contributed by atoms with Crippen molar-refractivity contribution < 1.29 is 9.53 Å². The van der Waals surface area contributed by atoms with Crippen LogP contribution in [0.4, 0.5) is 0 Å². The number of hydrogen-bond acceptors (Lipinski definition) is 3. The van der Waals surface area contributed by atoms with Crippen LogP contribution in [0, 0.1) is 0 Å². The van der Waals surface area contributed by atoms with E-state index in [0.29, 0.717) is 22.7 Å². The lowest BCUT2D eigenvalue weighted by Gasteiger charge is -1.99. The van der Waals surface area contributed by atoms with Gasteiger partial charge in [-0.05, 0) is 19.1 Å². The number of halogens is 1. The molecule has 0 aliphatic heterocycles. The van der Waals surface area contributed by atoms with Gasteiger partial charge in [-0.25, -0.2) is 9.31 Å². The van der Waals surface area contributed by atoms with Crippen LogP contribution < -0.4 is 0 Å². The zero-order valence-electron chi connectivity index (χ0n) is 8.11. The van der Waals surface area contributed by atoms with Crippen molar-refractivity contribution in [2.75, 3.05) is 6.61 Å². The molecule has 0 bridgehead atoms. The van der Waals surface area contributed by atoms with Crippen LogP contribution in [0.25, 0.3) is 5.52 Å². The average molecular weight is 225 g/mol. The van der Waals surface area contributed by atoms with Crippen molar-refractivity contribution >= 4 is 23.1 Å². The molecule has 0 saturated heterocycles. The van der Waals surface area contributed by atoms with Crippen LogP contribution >= 0.6 is 11.6 Å². The Balaban J connectivity index is 2.52. The maximum Gasteiger partial charge on any atom is 0.341 e. The number of pyridine rings is 1. The fourth-order valence-corrected chi connectivity index (χ4v) is 1.48. The van der Waals surface area contributed by atoms with Crippen molar-refractivity contribution in [2.24, 2.45) is 0 Å². The molecule has 15 heavy (non-hydrogen) atoms. The Hall–Kier alpha value is -1.55. The van der Waals surface area contributed by atoms with Gasteiger partial charge in [-0.1, -0.05) is 11.6 Å². The van der Waals surface area contributed by atoms with Gasteiger partial charge in [0.1, 0.15) is 5.56 Å². The molecule has 5 heteroatoms. The van der Waals surface area contributed by atoms with Crippen molar-refractivity contribution in [3.63, 3.8) is 0 Å². The molecular formula is C10H9ClN2O2. The van der Waals surface area contributed by atoms with Gasteiger partial charge in [0.2, 0.25) is 0 Å². The molecular weight excluding hydrogens is 216 g/mol. The highest BCUT2D eigenvalue weighted by Crippen LogP contribution is 2.16. The number of ether oxygens (including phenoxy) is 1. The van der Waals surface area contributed by atoms with E-state index in [4.69, 9.17) is 16.3 Å². The molecule has 2 rings (SSSR count). The normalized spacial score (nSPS) is 10.5. The van der Waals surface area contributed by atoms with E-state index in [9.17, 15) is 4.79 Å². The highest BCUT2D eigenvalue weighted by atomic mass is 35.5. The third-order valence-electron chi connectivity index (χ3n) is 1.98. The predicted octanol–water partition coefficient (Wildman–Crippen LogP) is 2.16. The SMILES string of the molecule is CCOC(=O)c1cnn2ccc(Cl)cc12. The van der Waals surface area contributed by atoms with Crippen molar-refractivity contribution in [3.8, 4) is 0 Å². The average Bonchev–Trinajstić information content (AvgIpc) is 2.60. The summed E-state index contributed by atoms with van der Waals surface area (Å²) >= 11 is 5.84. The molecule has 0 radical (unpaired) electrons. The molecule has 0 fully saturated rings. The molecule has 4 nitrogen and oxygen atoms in total. The highest BCUT2D eigenvalue weighted by molar-refractivity contribution is 6.31. The molecule has 0 aromatic carbocycles. The lowest BCUT2D eigenvalue weighted by atomic mass is 10.2. The van der Waals surface area contributed by atoms with Crippen LogP contribution in [0.3, 0.4) is 0 Å². The lowest BCUT2D eigenvalue weighted by molar-refractivity contribution is 0.0528. The van der Waals surface area contributed by atoms with E-state index in [2.05, 4.69) is 5.10 Å². The maximum absolute atomic E-state index is 11.5. The second kappa shape index (κ2) is 3.90. The summed E-state index contributed by atoms with van der Waals surface area (Å²) in [5, 5.41) is 4.58. The van der Waals surface area contributed by atoms with Gasteiger partial charge >= 0.3 is 5.97 Å². The van der Waals surface area contributed by atoms with Crippen LogP contribution in [0.15, 0.2) is 24.5 Å². The first-order valence-corrected chi connectivity index (χ1v) is 4.90. The van der Waals surface area contributed by atoms with Gasteiger partial charge in [-0.15, -0.1) is 0 Å². The highest BCUT2D eigenvalue weighted by Gasteiger charge is 2.13. The Labute approximate surface area is 91.4 Å². The number of aromatic nitrogens is 2. The summed E-state index contributed by atoms with van der Waals surface area (Å²) in [7, 11) is 0. The van der Waals surface area contributed by atoms with E-state index in [-0.39, 0.29) is 5.97 Å². The Morgan fingerprint density at radius 1 is 1.67 bits per heavy atom. The van der Waals surface area contributed by atoms with Gasteiger partial charge in [0.05, 0.1) is 18.3 Å². The summed E-state index contributed by atoms with van der Waals surface area (Å²) in [5.41, 5.74) is 1.08. The smallest absolute Gasteiger partial charge is 0.341 e. The molecule has 0 unspecified atom stereocenters. The zero-order chi connectivity index (χ0) is 10.8. The number of fused-ring (bicyclic) bond motifs is 1. The Bertz CT molecular complexity index is 507. The number of hydrogen-bond donors (Lipinski definition) is 0. The number of rotatable bonds is 2. The van der Waals surface area contributed by atoms with E-state index >= 15 is 0 Å². The van der Waals surface area contributed by atoms with Crippen molar-refractivity contribution in [2.45, 2.75) is 6.92 Å². The van der Waals surface area contributed by atoms with Gasteiger partial charge < -0.3 is 4.74 Å². The lowest BCUT2D eigenvalue weighted by Crippen LogP contribution is -2.03. The molecule has 0 aliphatic carbocycles. The van der Waals surface area contributed by atoms with Crippen LogP contribution in [0.1, 0.15) is 17.3 Å². The molecule has 78 valence electrons. The molecule has 0 saturated carbocycles. The largest absolute Gasteiger partial charge is 0.462 e. The number of esters is 1. The van der Waals surface area contributed by atoms with Crippen LogP contribution in [0.2, 0.25) is 5.02 Å². The topological polar surface area (TPSA) is 43.6 Å². The number of carbonyl (C=O) groups is 1. The second-order valence-corrected chi connectivity index (χ2v) is 3.39. The van der Waals surface area contributed by atoms with Gasteiger partial charge in [0.25, 0.3) is 0 Å². The minimum absolute atomic E-state index is 0.344. The fourth-order valence-electron chi connectivity index (χ4n) is 1.32. The minimum atomic E-state index is -0.380. The summed E-state index contributed by atoms with van der Waals surface area (Å²) in [6, 6.07) is 3.39. The Morgan fingerprint density at radius 2 is 2.47 bits per heavy atom. The van der Waals surface area contributed by atoms with Gasteiger partial charge in [0.15, 0.2) is 0 Å². The van der Waals surface area contributed by atoms with Gasteiger partial charge in [-0.2, -0.15) is 5.10 Å². The predicted molar refractivity (Wildman–Crippen MR) is 56.2 cm³/mol. The molecule has 0 spiro atoms. The maximum atomic E-state index is 11.5. The number of carbonyl (C=O) groups excluding carboxylic acids is 1. The van der Waals surface area contributed by atoms with Gasteiger partial charge in [0, 0.05) is 11.2 Å². The Kier molecular flexibility index (Phi) is 2.60. The van der Waals surface area contributed by atoms with Crippen LogP contribution in [0.5, 0.6) is 0 Å². The molecule has 2 aromatic rings. The summed E-state index contributed by atoms with van der Waals surface area (Å²) in [4.78, 5) is 11.5. The van der Waals surface area contributed by atoms with Gasteiger partial charge in [-0.3, -0.25) is 0 Å². The van der Waals surface area contributed by atoms with E-state index in [1.165, 1.54) is 6.20 Å². The molecule has 0 N–H and O–H groups in total. The standard InChI is InChI=1S/C10H9ClN2O2/c1-2-15-10(14)8-6-12-13-4-3-7(11)5-9(8)13/h3-6H,2H2,1H3. The Morgan fingerprint density at radius 3 is 3.20 bits per heavy atom. The van der Waals surface area contributed by atoms with E-state index < -0.39 is 0 Å². The molecule has 2 heterocycles. The molecule has 0 aliphatic rings. The van der Waals surface area contributed by atoms with E-state index in [0.717, 1.165) is 0 Å².